The van der Waals surface area contributed by atoms with Gasteiger partial charge >= 0.3 is 0 Å². The smallest absolute Gasteiger partial charge is 0.253 e. The second kappa shape index (κ2) is 5.21. The molecule has 0 spiro atoms. The van der Waals surface area contributed by atoms with Crippen LogP contribution in [0.25, 0.3) is 0 Å². The molecule has 5 heteroatoms. The quantitative estimate of drug-likeness (QED) is 0.607. The Morgan fingerprint density at radius 1 is 1.53 bits per heavy atom. The monoisotopic (exact) mass is 209 g/mol. The highest BCUT2D eigenvalue weighted by Gasteiger charge is 2.09. The number of benzene rings is 1. The molecule has 82 valence electrons. The second-order valence-electron chi connectivity index (χ2n) is 3.00. The molecule has 0 fully saturated rings. The summed E-state index contributed by atoms with van der Waals surface area (Å²) >= 11 is 0. The zero-order valence-electron chi connectivity index (χ0n) is 8.62. The van der Waals surface area contributed by atoms with Gasteiger partial charge in [0.25, 0.3) is 5.91 Å². The summed E-state index contributed by atoms with van der Waals surface area (Å²) in [6.45, 7) is 0.839. The van der Waals surface area contributed by atoms with Crippen molar-refractivity contribution in [2.75, 3.05) is 25.9 Å². The number of anilines is 1. The van der Waals surface area contributed by atoms with Crippen molar-refractivity contribution >= 4 is 11.6 Å². The summed E-state index contributed by atoms with van der Waals surface area (Å²) in [4.78, 5) is 11.5. The van der Waals surface area contributed by atoms with Gasteiger partial charge in [0.2, 0.25) is 0 Å². The standard InChI is InChI=1S/C10H15N3O2/c1-15-7-2-3-8(9(12)6-7)10(14)13-5-4-11/h2-3,6H,4-5,11-12H2,1H3,(H,13,14). The van der Waals surface area contributed by atoms with Gasteiger partial charge in [-0.2, -0.15) is 0 Å². The lowest BCUT2D eigenvalue weighted by Gasteiger charge is -2.07. The van der Waals surface area contributed by atoms with Gasteiger partial charge in [0.05, 0.1) is 12.7 Å². The van der Waals surface area contributed by atoms with Crippen LogP contribution in [-0.4, -0.2) is 26.1 Å². The van der Waals surface area contributed by atoms with E-state index in [-0.39, 0.29) is 5.91 Å². The van der Waals surface area contributed by atoms with E-state index in [0.29, 0.717) is 30.1 Å². The van der Waals surface area contributed by atoms with Crippen molar-refractivity contribution in [1.29, 1.82) is 0 Å². The van der Waals surface area contributed by atoms with Crippen LogP contribution in [0.4, 0.5) is 5.69 Å². The first-order valence-corrected chi connectivity index (χ1v) is 4.61. The van der Waals surface area contributed by atoms with Crippen LogP contribution in [0.1, 0.15) is 10.4 Å². The molecule has 0 heterocycles. The Balaban J connectivity index is 2.81. The summed E-state index contributed by atoms with van der Waals surface area (Å²) < 4.78 is 4.98. The number of rotatable bonds is 4. The Bertz CT molecular complexity index is 353. The third-order valence-corrected chi connectivity index (χ3v) is 1.93. The van der Waals surface area contributed by atoms with Crippen molar-refractivity contribution in [1.82, 2.24) is 5.32 Å². The molecule has 5 nitrogen and oxygen atoms in total. The van der Waals surface area contributed by atoms with E-state index in [1.165, 1.54) is 0 Å². The molecule has 1 rings (SSSR count). The molecule has 1 amide bonds. The van der Waals surface area contributed by atoms with Crippen LogP contribution < -0.4 is 21.5 Å². The molecule has 0 aromatic heterocycles. The number of methoxy groups -OCH3 is 1. The molecule has 0 saturated carbocycles. The maximum absolute atomic E-state index is 11.5. The number of carbonyl (C=O) groups excluding carboxylic acids is 1. The van der Waals surface area contributed by atoms with Crippen LogP contribution in [0.15, 0.2) is 18.2 Å². The normalized spacial score (nSPS) is 9.73. The summed E-state index contributed by atoms with van der Waals surface area (Å²) in [6, 6.07) is 4.92. The summed E-state index contributed by atoms with van der Waals surface area (Å²) in [7, 11) is 1.54. The van der Waals surface area contributed by atoms with Gasteiger partial charge in [0.1, 0.15) is 5.75 Å². The Labute approximate surface area is 88.4 Å². The SMILES string of the molecule is COc1ccc(C(=O)NCCN)c(N)c1. The highest BCUT2D eigenvalue weighted by molar-refractivity contribution is 5.99. The third kappa shape index (κ3) is 2.85. The molecule has 0 saturated heterocycles. The van der Waals surface area contributed by atoms with Crippen LogP contribution in [0.3, 0.4) is 0 Å². The van der Waals surface area contributed by atoms with Gasteiger partial charge in [-0.05, 0) is 12.1 Å². The van der Waals surface area contributed by atoms with E-state index < -0.39 is 0 Å². The topological polar surface area (TPSA) is 90.4 Å². The van der Waals surface area contributed by atoms with E-state index in [4.69, 9.17) is 16.2 Å². The van der Waals surface area contributed by atoms with E-state index >= 15 is 0 Å². The van der Waals surface area contributed by atoms with Gasteiger partial charge in [0, 0.05) is 24.8 Å². The molecule has 0 aliphatic heterocycles. The highest BCUT2D eigenvalue weighted by atomic mass is 16.5. The van der Waals surface area contributed by atoms with Crippen molar-refractivity contribution in [3.63, 3.8) is 0 Å². The number of nitrogen functional groups attached to an aromatic ring is 1. The minimum atomic E-state index is -0.222. The van der Waals surface area contributed by atoms with Crippen molar-refractivity contribution in [3.8, 4) is 5.75 Å². The first kappa shape index (κ1) is 11.3. The largest absolute Gasteiger partial charge is 0.497 e. The molecule has 1 aromatic carbocycles. The molecule has 0 bridgehead atoms. The zero-order chi connectivity index (χ0) is 11.3. The van der Waals surface area contributed by atoms with E-state index in [1.54, 1.807) is 25.3 Å². The zero-order valence-corrected chi connectivity index (χ0v) is 8.62. The number of carbonyl (C=O) groups is 1. The Hall–Kier alpha value is -1.75. The van der Waals surface area contributed by atoms with Gasteiger partial charge in [-0.3, -0.25) is 4.79 Å². The van der Waals surface area contributed by atoms with E-state index in [0.717, 1.165) is 0 Å². The predicted molar refractivity (Wildman–Crippen MR) is 58.8 cm³/mol. The van der Waals surface area contributed by atoms with Crippen molar-refractivity contribution in [3.05, 3.63) is 23.8 Å². The lowest BCUT2D eigenvalue weighted by atomic mass is 10.1. The van der Waals surface area contributed by atoms with Crippen molar-refractivity contribution < 1.29 is 9.53 Å². The molecule has 15 heavy (non-hydrogen) atoms. The van der Waals surface area contributed by atoms with Crippen LogP contribution in [-0.2, 0) is 0 Å². The molecular formula is C10H15N3O2. The third-order valence-electron chi connectivity index (χ3n) is 1.93. The number of nitrogens with two attached hydrogens (primary N) is 2. The van der Waals surface area contributed by atoms with Crippen molar-refractivity contribution in [2.45, 2.75) is 0 Å². The van der Waals surface area contributed by atoms with Crippen molar-refractivity contribution in [2.24, 2.45) is 5.73 Å². The number of amides is 1. The predicted octanol–water partition coefficient (Wildman–Crippen LogP) is -0.0341. The minimum absolute atomic E-state index is 0.222. The second-order valence-corrected chi connectivity index (χ2v) is 3.00. The highest BCUT2D eigenvalue weighted by Crippen LogP contribution is 2.19. The Morgan fingerprint density at radius 3 is 2.80 bits per heavy atom. The molecule has 0 aliphatic carbocycles. The van der Waals surface area contributed by atoms with E-state index in [9.17, 15) is 4.79 Å². The molecular weight excluding hydrogens is 194 g/mol. The minimum Gasteiger partial charge on any atom is -0.497 e. The fraction of sp³-hybridized carbons (Fsp3) is 0.300. The first-order chi connectivity index (χ1) is 7.19. The summed E-state index contributed by atoms with van der Waals surface area (Å²) in [5, 5.41) is 2.64. The summed E-state index contributed by atoms with van der Waals surface area (Å²) in [5.74, 6) is 0.406. The molecule has 1 aromatic rings. The van der Waals surface area contributed by atoms with Gasteiger partial charge < -0.3 is 21.5 Å². The number of ether oxygens (including phenoxy) is 1. The summed E-state index contributed by atoms with van der Waals surface area (Å²) in [5.41, 5.74) is 11.8. The molecule has 5 N–H and O–H groups in total. The number of hydrogen-bond acceptors (Lipinski definition) is 4. The van der Waals surface area contributed by atoms with Gasteiger partial charge in [-0.1, -0.05) is 0 Å². The molecule has 0 radical (unpaired) electrons. The van der Waals surface area contributed by atoms with E-state index in [2.05, 4.69) is 5.32 Å². The maximum Gasteiger partial charge on any atom is 0.253 e. The van der Waals surface area contributed by atoms with Gasteiger partial charge in [-0.25, -0.2) is 0 Å². The van der Waals surface area contributed by atoms with Gasteiger partial charge in [-0.15, -0.1) is 0 Å². The van der Waals surface area contributed by atoms with Crippen LogP contribution >= 0.6 is 0 Å². The maximum atomic E-state index is 11.5. The average molecular weight is 209 g/mol. The van der Waals surface area contributed by atoms with Crippen LogP contribution in [0.5, 0.6) is 5.75 Å². The molecule has 0 aliphatic rings. The Morgan fingerprint density at radius 2 is 2.27 bits per heavy atom. The lowest BCUT2D eigenvalue weighted by molar-refractivity contribution is 0.0955. The Kier molecular flexibility index (Phi) is 3.93. The van der Waals surface area contributed by atoms with Crippen LogP contribution in [0, 0.1) is 0 Å². The van der Waals surface area contributed by atoms with Gasteiger partial charge in [0.15, 0.2) is 0 Å². The molecule has 0 atom stereocenters. The lowest BCUT2D eigenvalue weighted by Crippen LogP contribution is -2.29. The average Bonchev–Trinajstić information content (AvgIpc) is 2.25. The number of nitrogens with one attached hydrogen (secondary N) is 1. The van der Waals surface area contributed by atoms with Crippen LogP contribution in [0.2, 0.25) is 0 Å². The fourth-order valence-electron chi connectivity index (χ4n) is 1.16. The first-order valence-electron chi connectivity index (χ1n) is 4.61. The number of hydrogen-bond donors (Lipinski definition) is 3. The molecule has 0 unspecified atom stereocenters. The summed E-state index contributed by atoms with van der Waals surface area (Å²) in [6.07, 6.45) is 0. The fourth-order valence-corrected chi connectivity index (χ4v) is 1.16. The van der Waals surface area contributed by atoms with E-state index in [1.807, 2.05) is 0 Å².